The van der Waals surface area contributed by atoms with E-state index in [2.05, 4.69) is 5.32 Å². The molecule has 0 spiro atoms. The number of carbonyl (C=O) groups excluding carboxylic acids is 1. The number of ether oxygens (including phenoxy) is 1. The third-order valence-electron chi connectivity index (χ3n) is 1.51. The van der Waals surface area contributed by atoms with Crippen LogP contribution in [-0.2, 0) is 0 Å². The van der Waals surface area contributed by atoms with Crippen molar-refractivity contribution in [2.75, 3.05) is 13.2 Å². The van der Waals surface area contributed by atoms with Gasteiger partial charge in [0.25, 0.3) is 0 Å². The number of amides is 2. The van der Waals surface area contributed by atoms with E-state index in [-0.39, 0.29) is 0 Å². The van der Waals surface area contributed by atoms with Crippen LogP contribution in [0.5, 0.6) is 5.75 Å². The van der Waals surface area contributed by atoms with Gasteiger partial charge in [0.15, 0.2) is 0 Å². The highest BCUT2D eigenvalue weighted by Gasteiger charge is 1.99. The van der Waals surface area contributed by atoms with E-state index in [1.165, 1.54) is 0 Å². The second kappa shape index (κ2) is 5.68. The maximum absolute atomic E-state index is 10.3. The molecule has 2 amide bonds. The smallest absolute Gasteiger partial charge is 0.312 e. The Morgan fingerprint density at radius 1 is 1.33 bits per heavy atom. The summed E-state index contributed by atoms with van der Waals surface area (Å²) < 4.78 is 5.28. The zero-order chi connectivity index (χ0) is 11.3. The molecule has 82 valence electrons. The summed E-state index contributed by atoms with van der Waals surface area (Å²) in [5.41, 5.74) is 4.87. The van der Waals surface area contributed by atoms with Gasteiger partial charge in [-0.3, -0.25) is 0 Å². The van der Waals surface area contributed by atoms with Crippen LogP contribution in [-0.4, -0.2) is 19.2 Å². The second-order valence-electron chi connectivity index (χ2n) is 2.74. The molecule has 0 bridgehead atoms. The number of hydrogen-bond acceptors (Lipinski definition) is 2. The summed E-state index contributed by atoms with van der Waals surface area (Å²) >= 11 is 11.5. The van der Waals surface area contributed by atoms with Gasteiger partial charge in [0.05, 0.1) is 6.54 Å². The molecule has 0 heterocycles. The second-order valence-corrected chi connectivity index (χ2v) is 3.62. The van der Waals surface area contributed by atoms with Crippen molar-refractivity contribution in [3.63, 3.8) is 0 Å². The lowest BCUT2D eigenvalue weighted by molar-refractivity contribution is 0.244. The first-order chi connectivity index (χ1) is 7.08. The molecule has 3 N–H and O–H groups in total. The molecule has 1 rings (SSSR count). The van der Waals surface area contributed by atoms with Gasteiger partial charge in [-0.1, -0.05) is 23.2 Å². The van der Waals surface area contributed by atoms with Gasteiger partial charge in [-0.25, -0.2) is 4.79 Å². The largest absolute Gasteiger partial charge is 0.492 e. The molecule has 0 saturated carbocycles. The van der Waals surface area contributed by atoms with Crippen molar-refractivity contribution in [2.45, 2.75) is 0 Å². The molecule has 0 aromatic heterocycles. The van der Waals surface area contributed by atoms with Crippen molar-refractivity contribution >= 4 is 29.2 Å². The average Bonchev–Trinajstić information content (AvgIpc) is 2.10. The van der Waals surface area contributed by atoms with E-state index in [0.717, 1.165) is 0 Å². The molecule has 0 aliphatic rings. The van der Waals surface area contributed by atoms with Gasteiger partial charge in [0, 0.05) is 10.0 Å². The summed E-state index contributed by atoms with van der Waals surface area (Å²) in [5, 5.41) is 3.39. The van der Waals surface area contributed by atoms with Gasteiger partial charge < -0.3 is 15.8 Å². The minimum atomic E-state index is -0.581. The van der Waals surface area contributed by atoms with E-state index in [0.29, 0.717) is 28.9 Å². The quantitative estimate of drug-likeness (QED) is 0.802. The predicted octanol–water partition coefficient (Wildman–Crippen LogP) is 2.04. The van der Waals surface area contributed by atoms with Crippen LogP contribution in [0.3, 0.4) is 0 Å². The van der Waals surface area contributed by atoms with Crippen LogP contribution in [0.2, 0.25) is 10.0 Å². The highest BCUT2D eigenvalue weighted by Crippen LogP contribution is 2.23. The van der Waals surface area contributed by atoms with E-state index in [4.69, 9.17) is 33.7 Å². The van der Waals surface area contributed by atoms with Gasteiger partial charge in [-0.2, -0.15) is 0 Å². The zero-order valence-corrected chi connectivity index (χ0v) is 9.31. The fourth-order valence-electron chi connectivity index (χ4n) is 0.955. The first kappa shape index (κ1) is 11.9. The fourth-order valence-corrected chi connectivity index (χ4v) is 1.46. The third kappa shape index (κ3) is 4.76. The van der Waals surface area contributed by atoms with Crippen LogP contribution in [0.4, 0.5) is 4.79 Å². The number of benzene rings is 1. The molecule has 6 heteroatoms. The van der Waals surface area contributed by atoms with Crippen LogP contribution in [0, 0.1) is 0 Å². The lowest BCUT2D eigenvalue weighted by Gasteiger charge is -2.07. The number of carbonyl (C=O) groups is 1. The molecular formula is C9H10Cl2N2O2. The van der Waals surface area contributed by atoms with Crippen molar-refractivity contribution in [3.05, 3.63) is 28.2 Å². The standard InChI is InChI=1S/C9H10Cl2N2O2/c10-6-3-7(11)5-8(4-6)15-2-1-13-9(12)14/h3-5H,1-2H2,(H3,12,13,14). The summed E-state index contributed by atoms with van der Waals surface area (Å²) in [5.74, 6) is 0.554. The van der Waals surface area contributed by atoms with Crippen LogP contribution in [0.1, 0.15) is 0 Å². The molecule has 0 fully saturated rings. The number of primary amides is 1. The lowest BCUT2D eigenvalue weighted by atomic mass is 10.3. The van der Waals surface area contributed by atoms with Crippen molar-refractivity contribution < 1.29 is 9.53 Å². The van der Waals surface area contributed by atoms with E-state index < -0.39 is 6.03 Å². The van der Waals surface area contributed by atoms with Gasteiger partial charge in [0.2, 0.25) is 0 Å². The highest BCUT2D eigenvalue weighted by atomic mass is 35.5. The normalized spacial score (nSPS) is 9.73. The van der Waals surface area contributed by atoms with Gasteiger partial charge in [-0.05, 0) is 18.2 Å². The number of nitrogens with two attached hydrogens (primary N) is 1. The zero-order valence-electron chi connectivity index (χ0n) is 7.80. The van der Waals surface area contributed by atoms with E-state index >= 15 is 0 Å². The maximum Gasteiger partial charge on any atom is 0.312 e. The third-order valence-corrected chi connectivity index (χ3v) is 1.94. The van der Waals surface area contributed by atoms with Crippen LogP contribution >= 0.6 is 23.2 Å². The molecular weight excluding hydrogens is 239 g/mol. The molecule has 1 aromatic carbocycles. The minimum absolute atomic E-state index is 0.305. The summed E-state index contributed by atoms with van der Waals surface area (Å²) in [4.78, 5) is 10.3. The number of nitrogens with one attached hydrogen (secondary N) is 1. The molecule has 0 radical (unpaired) electrons. The molecule has 0 unspecified atom stereocenters. The van der Waals surface area contributed by atoms with Crippen molar-refractivity contribution in [1.82, 2.24) is 5.32 Å². The number of urea groups is 1. The molecule has 0 aliphatic heterocycles. The van der Waals surface area contributed by atoms with Crippen molar-refractivity contribution in [1.29, 1.82) is 0 Å². The molecule has 0 saturated heterocycles. The van der Waals surface area contributed by atoms with Crippen molar-refractivity contribution in [3.8, 4) is 5.75 Å². The Bertz CT molecular complexity index is 338. The van der Waals surface area contributed by atoms with E-state index in [9.17, 15) is 4.79 Å². The molecule has 1 aromatic rings. The Hall–Kier alpha value is -1.13. The highest BCUT2D eigenvalue weighted by molar-refractivity contribution is 6.34. The number of rotatable bonds is 4. The van der Waals surface area contributed by atoms with Crippen molar-refractivity contribution in [2.24, 2.45) is 5.73 Å². The Morgan fingerprint density at radius 2 is 1.93 bits per heavy atom. The Balaban J connectivity index is 2.40. The SMILES string of the molecule is NC(=O)NCCOc1cc(Cl)cc(Cl)c1. The summed E-state index contributed by atoms with van der Waals surface area (Å²) in [6.45, 7) is 0.638. The number of hydrogen-bond donors (Lipinski definition) is 2. The Labute approximate surface area is 97.3 Å². The molecule has 4 nitrogen and oxygen atoms in total. The summed E-state index contributed by atoms with van der Waals surface area (Å²) in [6.07, 6.45) is 0. The van der Waals surface area contributed by atoms with Crippen LogP contribution in [0.25, 0.3) is 0 Å². The number of halogens is 2. The lowest BCUT2D eigenvalue weighted by Crippen LogP contribution is -2.32. The molecule has 15 heavy (non-hydrogen) atoms. The topological polar surface area (TPSA) is 64.4 Å². The van der Waals surface area contributed by atoms with Gasteiger partial charge in [0.1, 0.15) is 12.4 Å². The molecule has 0 aliphatic carbocycles. The molecule has 0 atom stereocenters. The maximum atomic E-state index is 10.3. The summed E-state index contributed by atoms with van der Waals surface area (Å²) in [7, 11) is 0. The first-order valence-corrected chi connectivity index (χ1v) is 4.96. The van der Waals surface area contributed by atoms with Gasteiger partial charge in [-0.15, -0.1) is 0 Å². The van der Waals surface area contributed by atoms with Gasteiger partial charge >= 0.3 is 6.03 Å². The minimum Gasteiger partial charge on any atom is -0.492 e. The fraction of sp³-hybridized carbons (Fsp3) is 0.222. The predicted molar refractivity (Wildman–Crippen MR) is 59.5 cm³/mol. The van der Waals surface area contributed by atoms with Crippen LogP contribution in [0.15, 0.2) is 18.2 Å². The van der Waals surface area contributed by atoms with E-state index in [1.807, 2.05) is 0 Å². The first-order valence-electron chi connectivity index (χ1n) is 4.20. The average molecular weight is 249 g/mol. The monoisotopic (exact) mass is 248 g/mol. The van der Waals surface area contributed by atoms with E-state index in [1.54, 1.807) is 18.2 Å². The Morgan fingerprint density at radius 3 is 2.47 bits per heavy atom. The van der Waals surface area contributed by atoms with Crippen LogP contribution < -0.4 is 15.8 Å². The Kier molecular flexibility index (Phi) is 4.52. The summed E-state index contributed by atoms with van der Waals surface area (Å²) in [6, 6.07) is 4.30.